The molecule has 5 nitrogen and oxygen atoms in total. The SMILES string of the molecule is CCOCCS(=O)(=O)N(C)C1CCNC1. The van der Waals surface area contributed by atoms with Crippen LogP contribution in [0.2, 0.25) is 0 Å². The smallest absolute Gasteiger partial charge is 0.216 e. The highest BCUT2D eigenvalue weighted by Gasteiger charge is 2.27. The van der Waals surface area contributed by atoms with Crippen molar-refractivity contribution < 1.29 is 13.2 Å². The molecule has 0 saturated carbocycles. The number of likely N-dealkylation sites (N-methyl/N-ethyl adjacent to an activating group) is 1. The Bertz CT molecular complexity index is 273. The number of nitrogens with zero attached hydrogens (tertiary/aromatic N) is 1. The van der Waals surface area contributed by atoms with E-state index in [1.54, 1.807) is 7.05 Å². The van der Waals surface area contributed by atoms with Crippen LogP contribution >= 0.6 is 0 Å². The molecular weight excluding hydrogens is 216 g/mol. The van der Waals surface area contributed by atoms with Gasteiger partial charge in [-0.3, -0.25) is 0 Å². The monoisotopic (exact) mass is 236 g/mol. The lowest BCUT2D eigenvalue weighted by Crippen LogP contribution is -2.40. The molecule has 0 aromatic carbocycles. The molecule has 0 aromatic rings. The molecule has 90 valence electrons. The van der Waals surface area contributed by atoms with Crippen LogP contribution < -0.4 is 5.32 Å². The van der Waals surface area contributed by atoms with E-state index in [1.807, 2.05) is 6.92 Å². The summed E-state index contributed by atoms with van der Waals surface area (Å²) in [5.41, 5.74) is 0. The van der Waals surface area contributed by atoms with Crippen LogP contribution in [0.3, 0.4) is 0 Å². The fourth-order valence-electron chi connectivity index (χ4n) is 1.63. The summed E-state index contributed by atoms with van der Waals surface area (Å²) >= 11 is 0. The van der Waals surface area contributed by atoms with Crippen LogP contribution in [0, 0.1) is 0 Å². The Morgan fingerprint density at radius 3 is 2.80 bits per heavy atom. The van der Waals surface area contributed by atoms with Gasteiger partial charge in [0.2, 0.25) is 10.0 Å². The number of sulfonamides is 1. The minimum Gasteiger partial charge on any atom is -0.381 e. The minimum atomic E-state index is -3.15. The van der Waals surface area contributed by atoms with Crippen LogP contribution in [-0.2, 0) is 14.8 Å². The van der Waals surface area contributed by atoms with Crippen LogP contribution in [0.25, 0.3) is 0 Å². The van der Waals surface area contributed by atoms with Crippen molar-refractivity contribution in [2.24, 2.45) is 0 Å². The number of nitrogens with one attached hydrogen (secondary N) is 1. The normalized spacial score (nSPS) is 22.5. The average Bonchev–Trinajstić information content (AvgIpc) is 2.69. The molecule has 0 amide bonds. The first-order chi connectivity index (χ1) is 7.08. The van der Waals surface area contributed by atoms with Crippen LogP contribution in [0.15, 0.2) is 0 Å². The van der Waals surface area contributed by atoms with Crippen molar-refractivity contribution in [1.82, 2.24) is 9.62 Å². The van der Waals surface area contributed by atoms with Gasteiger partial charge in [0.25, 0.3) is 0 Å². The highest BCUT2D eigenvalue weighted by atomic mass is 32.2. The Morgan fingerprint density at radius 2 is 2.27 bits per heavy atom. The number of hydrogen-bond acceptors (Lipinski definition) is 4. The highest BCUT2D eigenvalue weighted by molar-refractivity contribution is 7.89. The summed E-state index contributed by atoms with van der Waals surface area (Å²) in [5.74, 6) is 0.0772. The van der Waals surface area contributed by atoms with Crippen LogP contribution in [0.5, 0.6) is 0 Å². The predicted molar refractivity (Wildman–Crippen MR) is 59.3 cm³/mol. The van der Waals surface area contributed by atoms with Gasteiger partial charge in [0.1, 0.15) is 0 Å². The number of ether oxygens (including phenoxy) is 1. The summed E-state index contributed by atoms with van der Waals surface area (Å²) in [6.45, 7) is 4.35. The van der Waals surface area contributed by atoms with Crippen LogP contribution in [0.1, 0.15) is 13.3 Å². The quantitative estimate of drug-likeness (QED) is 0.640. The fraction of sp³-hybridized carbons (Fsp3) is 1.00. The molecule has 1 aliphatic heterocycles. The Balaban J connectivity index is 2.44. The number of hydrogen-bond donors (Lipinski definition) is 1. The van der Waals surface area contributed by atoms with E-state index in [9.17, 15) is 8.42 Å². The summed E-state index contributed by atoms with van der Waals surface area (Å²) in [7, 11) is -1.50. The van der Waals surface area contributed by atoms with E-state index in [-0.39, 0.29) is 18.4 Å². The van der Waals surface area contributed by atoms with E-state index in [2.05, 4.69) is 5.32 Å². The molecule has 0 bridgehead atoms. The molecule has 1 heterocycles. The molecule has 6 heteroatoms. The van der Waals surface area contributed by atoms with Gasteiger partial charge in [0.15, 0.2) is 0 Å². The average molecular weight is 236 g/mol. The maximum atomic E-state index is 11.8. The zero-order valence-electron chi connectivity index (χ0n) is 9.40. The van der Waals surface area contributed by atoms with Gasteiger partial charge in [-0.1, -0.05) is 0 Å². The fourth-order valence-corrected chi connectivity index (χ4v) is 2.88. The van der Waals surface area contributed by atoms with Crippen molar-refractivity contribution >= 4 is 10.0 Å². The van der Waals surface area contributed by atoms with Crippen LogP contribution in [-0.4, -0.2) is 57.9 Å². The number of rotatable bonds is 6. The molecule has 15 heavy (non-hydrogen) atoms. The standard InChI is InChI=1S/C9H20N2O3S/c1-3-14-6-7-15(12,13)11(2)9-4-5-10-8-9/h9-10H,3-8H2,1-2H3. The van der Waals surface area contributed by atoms with E-state index in [0.29, 0.717) is 6.61 Å². The Labute approximate surface area is 91.8 Å². The third kappa shape index (κ3) is 3.71. The lowest BCUT2D eigenvalue weighted by molar-refractivity contribution is 0.162. The second kappa shape index (κ2) is 5.79. The Morgan fingerprint density at radius 1 is 1.53 bits per heavy atom. The first-order valence-corrected chi connectivity index (χ1v) is 6.93. The van der Waals surface area contributed by atoms with E-state index >= 15 is 0 Å². The molecule has 1 fully saturated rings. The van der Waals surface area contributed by atoms with Gasteiger partial charge in [0, 0.05) is 26.2 Å². The molecule has 1 aliphatic rings. The molecule has 1 unspecified atom stereocenters. The molecule has 0 spiro atoms. The van der Waals surface area contributed by atoms with Crippen LogP contribution in [0.4, 0.5) is 0 Å². The summed E-state index contributed by atoms with van der Waals surface area (Å²) in [6.07, 6.45) is 0.893. The molecule has 0 aromatic heterocycles. The zero-order valence-corrected chi connectivity index (χ0v) is 10.2. The largest absolute Gasteiger partial charge is 0.381 e. The first-order valence-electron chi connectivity index (χ1n) is 5.32. The predicted octanol–water partition coefficient (Wildman–Crippen LogP) is -0.354. The summed E-state index contributed by atoms with van der Waals surface area (Å²) in [5, 5.41) is 3.16. The molecule has 1 atom stereocenters. The molecule has 1 rings (SSSR count). The van der Waals surface area contributed by atoms with Crippen molar-refractivity contribution in [3.05, 3.63) is 0 Å². The summed E-state index contributed by atoms with van der Waals surface area (Å²) in [6, 6.07) is 0.108. The zero-order chi connectivity index (χ0) is 11.3. The lowest BCUT2D eigenvalue weighted by atomic mass is 10.3. The van der Waals surface area contributed by atoms with Gasteiger partial charge >= 0.3 is 0 Å². The molecular formula is C9H20N2O3S. The first kappa shape index (κ1) is 12.9. The Hall–Kier alpha value is -0.170. The van der Waals surface area contributed by atoms with E-state index in [1.165, 1.54) is 4.31 Å². The van der Waals surface area contributed by atoms with E-state index in [0.717, 1.165) is 19.5 Å². The molecule has 0 radical (unpaired) electrons. The second-order valence-electron chi connectivity index (χ2n) is 3.68. The van der Waals surface area contributed by atoms with Gasteiger partial charge in [-0.15, -0.1) is 0 Å². The van der Waals surface area contributed by atoms with Gasteiger partial charge in [-0.05, 0) is 19.9 Å². The molecule has 1 saturated heterocycles. The highest BCUT2D eigenvalue weighted by Crippen LogP contribution is 2.11. The summed E-state index contributed by atoms with van der Waals surface area (Å²) < 4.78 is 30.2. The molecule has 0 aliphatic carbocycles. The molecule has 1 N–H and O–H groups in total. The third-order valence-electron chi connectivity index (χ3n) is 2.68. The third-order valence-corrected chi connectivity index (χ3v) is 4.54. The van der Waals surface area contributed by atoms with Crippen molar-refractivity contribution in [3.8, 4) is 0 Å². The van der Waals surface area contributed by atoms with E-state index < -0.39 is 10.0 Å². The Kier molecular flexibility index (Phi) is 4.98. The van der Waals surface area contributed by atoms with Gasteiger partial charge in [-0.2, -0.15) is 0 Å². The topological polar surface area (TPSA) is 58.6 Å². The van der Waals surface area contributed by atoms with Crippen molar-refractivity contribution in [2.75, 3.05) is 39.1 Å². The van der Waals surface area contributed by atoms with Gasteiger partial charge in [-0.25, -0.2) is 12.7 Å². The van der Waals surface area contributed by atoms with Crippen molar-refractivity contribution in [2.45, 2.75) is 19.4 Å². The minimum absolute atomic E-state index is 0.0772. The summed E-state index contributed by atoms with van der Waals surface area (Å²) in [4.78, 5) is 0. The maximum Gasteiger partial charge on any atom is 0.216 e. The lowest BCUT2D eigenvalue weighted by Gasteiger charge is -2.22. The van der Waals surface area contributed by atoms with Gasteiger partial charge in [0.05, 0.1) is 12.4 Å². The second-order valence-corrected chi connectivity index (χ2v) is 5.82. The van der Waals surface area contributed by atoms with Gasteiger partial charge < -0.3 is 10.1 Å². The van der Waals surface area contributed by atoms with Crippen molar-refractivity contribution in [1.29, 1.82) is 0 Å². The van der Waals surface area contributed by atoms with Crippen molar-refractivity contribution in [3.63, 3.8) is 0 Å². The van der Waals surface area contributed by atoms with E-state index in [4.69, 9.17) is 4.74 Å². The maximum absolute atomic E-state index is 11.8.